The van der Waals surface area contributed by atoms with Gasteiger partial charge in [0.15, 0.2) is 0 Å². The largest absolute Gasteiger partial charge is 0.465 e. The van der Waals surface area contributed by atoms with E-state index in [9.17, 15) is 0 Å². The molecule has 0 amide bonds. The molecule has 6 heteroatoms. The minimum absolute atomic E-state index is 0. The number of aliphatic hydroxyl groups excluding tert-OH is 1. The Morgan fingerprint density at radius 1 is 1.47 bits per heavy atom. The zero-order chi connectivity index (χ0) is 11.4. The molecule has 2 aromatic heterocycles. The topological polar surface area (TPSA) is 63.2 Å². The van der Waals surface area contributed by atoms with Crippen molar-refractivity contribution in [3.63, 3.8) is 0 Å². The van der Waals surface area contributed by atoms with Gasteiger partial charge in [-0.1, -0.05) is 0 Å². The Bertz CT molecular complexity index is 453. The summed E-state index contributed by atoms with van der Waals surface area (Å²) < 4.78 is 7.12. The number of aryl methyl sites for hydroxylation is 1. The third-order valence-corrected chi connectivity index (χ3v) is 2.23. The van der Waals surface area contributed by atoms with Crippen LogP contribution in [-0.2, 0) is 13.1 Å². The lowest BCUT2D eigenvalue weighted by Crippen LogP contribution is -2.02. The molecule has 5 nitrogen and oxygen atoms in total. The lowest BCUT2D eigenvalue weighted by molar-refractivity contribution is 0.269. The summed E-state index contributed by atoms with van der Waals surface area (Å²) in [6, 6.07) is 3.88. The fourth-order valence-corrected chi connectivity index (χ4v) is 1.45. The second-order valence-corrected chi connectivity index (χ2v) is 3.58. The molecule has 0 aromatic carbocycles. The smallest absolute Gasteiger partial charge is 0.123 e. The standard InChI is InChI=1S/C11H15N3O2.ClH/c1-9-2-3-11(16-9)7-12-10-6-13-14(8-10)4-5-15;/h2-3,6,8,12,15H,4-5,7H2,1H3;1H. The number of nitrogens with one attached hydrogen (secondary N) is 1. The molecular weight excluding hydrogens is 242 g/mol. The summed E-state index contributed by atoms with van der Waals surface area (Å²) in [5, 5.41) is 16.0. The van der Waals surface area contributed by atoms with E-state index in [1.165, 1.54) is 0 Å². The van der Waals surface area contributed by atoms with Gasteiger partial charge in [0.1, 0.15) is 11.5 Å². The molecule has 2 aromatic rings. The van der Waals surface area contributed by atoms with Crippen molar-refractivity contribution in [2.24, 2.45) is 0 Å². The van der Waals surface area contributed by atoms with Crippen LogP contribution < -0.4 is 5.32 Å². The van der Waals surface area contributed by atoms with Gasteiger partial charge in [0.2, 0.25) is 0 Å². The molecular formula is C11H16ClN3O2. The highest BCUT2D eigenvalue weighted by molar-refractivity contribution is 5.85. The van der Waals surface area contributed by atoms with Crippen LogP contribution in [0, 0.1) is 6.92 Å². The van der Waals surface area contributed by atoms with Gasteiger partial charge in [-0.2, -0.15) is 5.10 Å². The Labute approximate surface area is 106 Å². The molecule has 94 valence electrons. The van der Waals surface area contributed by atoms with Gasteiger partial charge in [-0.3, -0.25) is 4.68 Å². The number of hydrogen-bond acceptors (Lipinski definition) is 4. The summed E-state index contributed by atoms with van der Waals surface area (Å²) in [7, 11) is 0. The number of halogens is 1. The molecule has 0 spiro atoms. The van der Waals surface area contributed by atoms with Crippen LogP contribution in [0.1, 0.15) is 11.5 Å². The van der Waals surface area contributed by atoms with Crippen molar-refractivity contribution in [1.82, 2.24) is 9.78 Å². The van der Waals surface area contributed by atoms with Crippen molar-refractivity contribution < 1.29 is 9.52 Å². The molecule has 0 aliphatic heterocycles. The predicted octanol–water partition coefficient (Wildman–Crippen LogP) is 1.81. The van der Waals surface area contributed by atoms with Gasteiger partial charge in [0.05, 0.1) is 31.6 Å². The minimum atomic E-state index is 0. The van der Waals surface area contributed by atoms with Gasteiger partial charge in [-0.05, 0) is 19.1 Å². The fraction of sp³-hybridized carbons (Fsp3) is 0.364. The van der Waals surface area contributed by atoms with Crippen LogP contribution in [0.15, 0.2) is 28.9 Å². The van der Waals surface area contributed by atoms with E-state index in [1.807, 2.05) is 25.3 Å². The van der Waals surface area contributed by atoms with Gasteiger partial charge in [-0.15, -0.1) is 12.4 Å². The Hall–Kier alpha value is -1.46. The number of aromatic nitrogens is 2. The zero-order valence-electron chi connectivity index (χ0n) is 9.59. The molecule has 17 heavy (non-hydrogen) atoms. The summed E-state index contributed by atoms with van der Waals surface area (Å²) in [6.07, 6.45) is 3.58. The van der Waals surface area contributed by atoms with Crippen molar-refractivity contribution in [3.8, 4) is 0 Å². The predicted molar refractivity (Wildman–Crippen MR) is 67.3 cm³/mol. The van der Waals surface area contributed by atoms with E-state index in [0.29, 0.717) is 13.1 Å². The van der Waals surface area contributed by atoms with Crippen molar-refractivity contribution in [1.29, 1.82) is 0 Å². The number of nitrogens with zero attached hydrogens (tertiary/aromatic N) is 2. The fourth-order valence-electron chi connectivity index (χ4n) is 1.45. The third-order valence-electron chi connectivity index (χ3n) is 2.23. The molecule has 2 rings (SSSR count). The molecule has 0 saturated heterocycles. The molecule has 0 aliphatic carbocycles. The maximum atomic E-state index is 8.74. The average Bonchev–Trinajstić information content (AvgIpc) is 2.85. The lowest BCUT2D eigenvalue weighted by atomic mass is 10.4. The first-order valence-electron chi connectivity index (χ1n) is 5.20. The molecule has 0 radical (unpaired) electrons. The van der Waals surface area contributed by atoms with Gasteiger partial charge >= 0.3 is 0 Å². The lowest BCUT2D eigenvalue weighted by Gasteiger charge is -1.99. The average molecular weight is 258 g/mol. The Morgan fingerprint density at radius 2 is 2.29 bits per heavy atom. The molecule has 0 atom stereocenters. The first kappa shape index (κ1) is 13.6. The van der Waals surface area contributed by atoms with Crippen molar-refractivity contribution in [3.05, 3.63) is 36.0 Å². The van der Waals surface area contributed by atoms with Crippen LogP contribution in [0.5, 0.6) is 0 Å². The maximum Gasteiger partial charge on any atom is 0.123 e. The number of rotatable bonds is 5. The molecule has 0 aliphatic rings. The second-order valence-electron chi connectivity index (χ2n) is 3.58. The summed E-state index contributed by atoms with van der Waals surface area (Å²) in [6.45, 7) is 3.17. The SMILES string of the molecule is Cc1ccc(CNc2cnn(CCO)c2)o1.Cl. The quantitative estimate of drug-likeness (QED) is 0.858. The minimum Gasteiger partial charge on any atom is -0.465 e. The molecule has 0 saturated carbocycles. The molecule has 0 bridgehead atoms. The number of aliphatic hydroxyl groups is 1. The Balaban J connectivity index is 0.00000144. The van der Waals surface area contributed by atoms with Crippen molar-refractivity contribution >= 4 is 18.1 Å². The summed E-state index contributed by atoms with van der Waals surface area (Å²) in [5.74, 6) is 1.81. The van der Waals surface area contributed by atoms with Crippen LogP contribution in [0.3, 0.4) is 0 Å². The number of hydrogen-bond donors (Lipinski definition) is 2. The summed E-state index contributed by atoms with van der Waals surface area (Å²) >= 11 is 0. The van der Waals surface area contributed by atoms with E-state index in [0.717, 1.165) is 17.2 Å². The maximum absolute atomic E-state index is 8.74. The first-order chi connectivity index (χ1) is 7.78. The van der Waals surface area contributed by atoms with E-state index in [-0.39, 0.29) is 19.0 Å². The monoisotopic (exact) mass is 257 g/mol. The molecule has 0 unspecified atom stereocenters. The number of anilines is 1. The van der Waals surface area contributed by atoms with Gasteiger partial charge in [0, 0.05) is 6.20 Å². The molecule has 2 N–H and O–H groups in total. The van der Waals surface area contributed by atoms with Gasteiger partial charge in [-0.25, -0.2) is 0 Å². The van der Waals surface area contributed by atoms with Crippen LogP contribution in [-0.4, -0.2) is 21.5 Å². The van der Waals surface area contributed by atoms with Gasteiger partial charge < -0.3 is 14.8 Å². The highest BCUT2D eigenvalue weighted by Gasteiger charge is 2.00. The van der Waals surface area contributed by atoms with E-state index < -0.39 is 0 Å². The normalized spacial score (nSPS) is 10.0. The Morgan fingerprint density at radius 3 is 2.94 bits per heavy atom. The highest BCUT2D eigenvalue weighted by atomic mass is 35.5. The third kappa shape index (κ3) is 3.80. The van der Waals surface area contributed by atoms with Crippen molar-refractivity contribution in [2.75, 3.05) is 11.9 Å². The summed E-state index contributed by atoms with van der Waals surface area (Å²) in [4.78, 5) is 0. The van der Waals surface area contributed by atoms with E-state index in [2.05, 4.69) is 10.4 Å². The van der Waals surface area contributed by atoms with Crippen LogP contribution in [0.2, 0.25) is 0 Å². The second kappa shape index (κ2) is 6.32. The number of furan rings is 1. The zero-order valence-corrected chi connectivity index (χ0v) is 10.4. The van der Waals surface area contributed by atoms with E-state index in [4.69, 9.17) is 9.52 Å². The van der Waals surface area contributed by atoms with E-state index >= 15 is 0 Å². The van der Waals surface area contributed by atoms with Crippen LogP contribution in [0.25, 0.3) is 0 Å². The van der Waals surface area contributed by atoms with Gasteiger partial charge in [0.25, 0.3) is 0 Å². The first-order valence-corrected chi connectivity index (χ1v) is 5.20. The van der Waals surface area contributed by atoms with Crippen LogP contribution >= 0.6 is 12.4 Å². The molecule has 2 heterocycles. The Kier molecular flexibility index (Phi) is 5.06. The summed E-state index contributed by atoms with van der Waals surface area (Å²) in [5.41, 5.74) is 0.919. The van der Waals surface area contributed by atoms with E-state index in [1.54, 1.807) is 10.9 Å². The highest BCUT2D eigenvalue weighted by Crippen LogP contribution is 2.10. The molecule has 0 fully saturated rings. The van der Waals surface area contributed by atoms with Crippen LogP contribution in [0.4, 0.5) is 5.69 Å². The van der Waals surface area contributed by atoms with Crippen molar-refractivity contribution in [2.45, 2.75) is 20.0 Å².